The smallest absolute Gasteiger partial charge is 0.319 e. The number of benzene rings is 2. The molecule has 1 N–H and O–H groups in total. The maximum Gasteiger partial charge on any atom is 0.319 e. The lowest BCUT2D eigenvalue weighted by molar-refractivity contribution is -0.385. The molecule has 0 radical (unpaired) electrons. The van der Waals surface area contributed by atoms with Crippen LogP contribution in [-0.2, 0) is 4.74 Å². The average Bonchev–Trinajstić information content (AvgIpc) is 3.34. The Morgan fingerprint density at radius 2 is 1.97 bits per heavy atom. The number of nitro groups is 1. The number of rotatable bonds is 10. The minimum Gasteiger partial charge on any atom is -0.494 e. The highest BCUT2D eigenvalue weighted by Crippen LogP contribution is 2.39. The standard InChI is InChI=1S/C26H26F2N6O5/c1-37-23-15-24(39-13-10-32-8-11-38-12-9-32)22(34(35)36)14-20(23)31-26-29-7-6-19(30-26)18-16-33(25(27)28)21-5-3-2-4-17(18)21/h2-7,14-16,25H,8-13H2,1H3,(H,29,30,31). The fraction of sp³-hybridized carbons (Fsp3) is 0.308. The first-order valence-corrected chi connectivity index (χ1v) is 12.2. The average molecular weight is 541 g/mol. The normalized spacial score (nSPS) is 14.1. The molecule has 1 aliphatic heterocycles. The largest absolute Gasteiger partial charge is 0.494 e. The summed E-state index contributed by atoms with van der Waals surface area (Å²) in [5.41, 5.74) is 1.27. The lowest BCUT2D eigenvalue weighted by Crippen LogP contribution is -2.38. The van der Waals surface area contributed by atoms with Gasteiger partial charge in [0.15, 0.2) is 0 Å². The zero-order chi connectivity index (χ0) is 27.4. The fourth-order valence-corrected chi connectivity index (χ4v) is 4.44. The molecule has 0 atom stereocenters. The third-order valence-corrected chi connectivity index (χ3v) is 6.38. The van der Waals surface area contributed by atoms with Gasteiger partial charge in [-0.05, 0) is 12.1 Å². The summed E-state index contributed by atoms with van der Waals surface area (Å²) in [5.74, 6) is 0.463. The molecule has 4 aromatic rings. The van der Waals surface area contributed by atoms with Crippen LogP contribution in [0.4, 0.5) is 26.1 Å². The van der Waals surface area contributed by atoms with Gasteiger partial charge in [-0.2, -0.15) is 8.78 Å². The number of halogens is 2. The van der Waals surface area contributed by atoms with Crippen molar-refractivity contribution >= 4 is 28.2 Å². The molecule has 13 heteroatoms. The Kier molecular flexibility index (Phi) is 7.79. The SMILES string of the molecule is COc1cc(OCCN2CCOCC2)c([N+](=O)[O-])cc1Nc1nccc(-c2cn(C(F)F)c3ccccc23)n1. The molecule has 0 spiro atoms. The number of hydrogen-bond acceptors (Lipinski definition) is 9. The number of morpholine rings is 1. The van der Waals surface area contributed by atoms with Gasteiger partial charge in [-0.1, -0.05) is 18.2 Å². The van der Waals surface area contributed by atoms with Crippen molar-refractivity contribution < 1.29 is 27.9 Å². The summed E-state index contributed by atoms with van der Waals surface area (Å²) >= 11 is 0. The van der Waals surface area contributed by atoms with Crippen molar-refractivity contribution in [1.82, 2.24) is 19.4 Å². The Morgan fingerprint density at radius 1 is 1.18 bits per heavy atom. The molecular weight excluding hydrogens is 514 g/mol. The number of nitrogens with one attached hydrogen (secondary N) is 1. The van der Waals surface area contributed by atoms with Crippen molar-refractivity contribution in [1.29, 1.82) is 0 Å². The number of fused-ring (bicyclic) bond motifs is 1. The number of ether oxygens (including phenoxy) is 3. The zero-order valence-electron chi connectivity index (χ0n) is 21.0. The number of para-hydroxylation sites is 1. The fourth-order valence-electron chi connectivity index (χ4n) is 4.44. The van der Waals surface area contributed by atoms with Crippen LogP contribution in [0.15, 0.2) is 54.9 Å². The van der Waals surface area contributed by atoms with E-state index in [4.69, 9.17) is 14.2 Å². The maximum absolute atomic E-state index is 13.6. The molecule has 11 nitrogen and oxygen atoms in total. The predicted octanol–water partition coefficient (Wildman–Crippen LogP) is 4.86. The van der Waals surface area contributed by atoms with E-state index < -0.39 is 11.5 Å². The van der Waals surface area contributed by atoms with Crippen molar-refractivity contribution in [3.63, 3.8) is 0 Å². The van der Waals surface area contributed by atoms with Crippen LogP contribution in [-0.4, -0.2) is 70.9 Å². The van der Waals surface area contributed by atoms with Gasteiger partial charge in [0, 0.05) is 55.1 Å². The van der Waals surface area contributed by atoms with E-state index in [0.29, 0.717) is 41.9 Å². The molecule has 3 heterocycles. The topological polar surface area (TPSA) is 117 Å². The highest BCUT2D eigenvalue weighted by atomic mass is 19.3. The highest BCUT2D eigenvalue weighted by molar-refractivity contribution is 5.95. The zero-order valence-corrected chi connectivity index (χ0v) is 21.0. The van der Waals surface area contributed by atoms with Gasteiger partial charge in [-0.3, -0.25) is 19.6 Å². The van der Waals surface area contributed by atoms with E-state index >= 15 is 0 Å². The summed E-state index contributed by atoms with van der Waals surface area (Å²) in [6.45, 7) is 0.984. The first kappa shape index (κ1) is 26.3. The number of methoxy groups -OCH3 is 1. The molecule has 1 aliphatic rings. The second-order valence-electron chi connectivity index (χ2n) is 8.72. The molecule has 39 heavy (non-hydrogen) atoms. The molecule has 0 aliphatic carbocycles. The molecule has 0 unspecified atom stereocenters. The second kappa shape index (κ2) is 11.6. The van der Waals surface area contributed by atoms with Crippen LogP contribution >= 0.6 is 0 Å². The number of hydrogen-bond donors (Lipinski definition) is 1. The van der Waals surface area contributed by atoms with Crippen LogP contribution in [0, 0.1) is 10.1 Å². The molecule has 2 aromatic heterocycles. The van der Waals surface area contributed by atoms with Gasteiger partial charge in [-0.15, -0.1) is 0 Å². The third kappa shape index (κ3) is 5.73. The van der Waals surface area contributed by atoms with Crippen LogP contribution in [0.3, 0.4) is 0 Å². The van der Waals surface area contributed by atoms with Crippen molar-refractivity contribution in [3.05, 3.63) is 65.0 Å². The Balaban J connectivity index is 1.41. The third-order valence-electron chi connectivity index (χ3n) is 6.38. The Hall–Kier alpha value is -4.36. The lowest BCUT2D eigenvalue weighted by Gasteiger charge is -2.26. The Morgan fingerprint density at radius 3 is 2.72 bits per heavy atom. The van der Waals surface area contributed by atoms with Gasteiger partial charge < -0.3 is 19.5 Å². The van der Waals surface area contributed by atoms with Crippen molar-refractivity contribution in [2.24, 2.45) is 0 Å². The van der Waals surface area contributed by atoms with E-state index in [1.165, 1.54) is 31.6 Å². The number of anilines is 2. The molecule has 1 fully saturated rings. The molecule has 0 amide bonds. The Bertz CT molecular complexity index is 1470. The summed E-state index contributed by atoms with van der Waals surface area (Å²) < 4.78 is 44.7. The molecule has 204 valence electrons. The van der Waals surface area contributed by atoms with Gasteiger partial charge in [0.1, 0.15) is 12.4 Å². The molecule has 5 rings (SSSR count). The first-order valence-electron chi connectivity index (χ1n) is 12.2. The summed E-state index contributed by atoms with van der Waals surface area (Å²) in [7, 11) is 1.43. The Labute approximate surface area is 222 Å². The minimum absolute atomic E-state index is 0.0742. The van der Waals surface area contributed by atoms with Gasteiger partial charge in [0.05, 0.1) is 42.1 Å². The van der Waals surface area contributed by atoms with E-state index in [-0.39, 0.29) is 35.4 Å². The summed E-state index contributed by atoms with van der Waals surface area (Å²) in [5, 5.41) is 15.4. The van der Waals surface area contributed by atoms with Gasteiger partial charge >= 0.3 is 12.2 Å². The van der Waals surface area contributed by atoms with Crippen LogP contribution in [0.2, 0.25) is 0 Å². The highest BCUT2D eigenvalue weighted by Gasteiger charge is 2.22. The summed E-state index contributed by atoms with van der Waals surface area (Å²) in [4.78, 5) is 22.2. The number of aromatic nitrogens is 3. The molecule has 0 saturated carbocycles. The molecule has 2 aromatic carbocycles. The van der Waals surface area contributed by atoms with E-state index in [1.807, 2.05) is 0 Å². The van der Waals surface area contributed by atoms with Gasteiger partial charge in [-0.25, -0.2) is 9.97 Å². The molecule has 0 bridgehead atoms. The number of alkyl halides is 2. The van der Waals surface area contributed by atoms with Crippen molar-refractivity contribution in [3.8, 4) is 22.8 Å². The van der Waals surface area contributed by atoms with E-state index in [2.05, 4.69) is 20.2 Å². The van der Waals surface area contributed by atoms with Gasteiger partial charge in [0.2, 0.25) is 11.7 Å². The van der Waals surface area contributed by atoms with E-state index in [0.717, 1.165) is 17.7 Å². The van der Waals surface area contributed by atoms with Crippen LogP contribution < -0.4 is 14.8 Å². The quantitative estimate of drug-likeness (QED) is 0.222. The molecular formula is C26H26F2N6O5. The second-order valence-corrected chi connectivity index (χ2v) is 8.72. The monoisotopic (exact) mass is 540 g/mol. The predicted molar refractivity (Wildman–Crippen MR) is 140 cm³/mol. The van der Waals surface area contributed by atoms with Crippen LogP contribution in [0.25, 0.3) is 22.2 Å². The summed E-state index contributed by atoms with van der Waals surface area (Å²) in [6.07, 6.45) is 2.82. The van der Waals surface area contributed by atoms with Crippen LogP contribution in [0.1, 0.15) is 6.55 Å². The minimum atomic E-state index is -2.72. The van der Waals surface area contributed by atoms with E-state index in [9.17, 15) is 18.9 Å². The number of nitrogens with zero attached hydrogens (tertiary/aromatic N) is 5. The maximum atomic E-state index is 13.6. The number of nitro benzene ring substituents is 1. The van der Waals surface area contributed by atoms with Crippen molar-refractivity contribution in [2.45, 2.75) is 6.55 Å². The van der Waals surface area contributed by atoms with Crippen LogP contribution in [0.5, 0.6) is 11.5 Å². The van der Waals surface area contributed by atoms with Crippen molar-refractivity contribution in [2.75, 3.05) is 51.9 Å². The molecule has 1 saturated heterocycles. The van der Waals surface area contributed by atoms with Gasteiger partial charge in [0.25, 0.3) is 0 Å². The lowest BCUT2D eigenvalue weighted by atomic mass is 10.1. The first-order chi connectivity index (χ1) is 18.9. The summed E-state index contributed by atoms with van der Waals surface area (Å²) in [6, 6.07) is 11.1. The van der Waals surface area contributed by atoms with E-state index in [1.54, 1.807) is 30.3 Å².